The highest BCUT2D eigenvalue weighted by Gasteiger charge is 2.06. The summed E-state index contributed by atoms with van der Waals surface area (Å²) in [5.41, 5.74) is 9.26. The molecule has 3 nitrogen and oxygen atoms in total. The van der Waals surface area contributed by atoms with Gasteiger partial charge in [0, 0.05) is 6.54 Å². The van der Waals surface area contributed by atoms with Crippen LogP contribution in [-0.4, -0.2) is 13.1 Å². The molecular formula is C15H16ClNO2. The zero-order valence-corrected chi connectivity index (χ0v) is 11.4. The van der Waals surface area contributed by atoms with E-state index in [0.29, 0.717) is 12.1 Å². The molecule has 4 heteroatoms. The fraction of sp³-hybridized carbons (Fsp3) is 0.133. The van der Waals surface area contributed by atoms with E-state index in [0.717, 1.165) is 16.7 Å². The van der Waals surface area contributed by atoms with Gasteiger partial charge in [0.1, 0.15) is 0 Å². The molecule has 0 atom stereocenters. The van der Waals surface area contributed by atoms with Crippen LogP contribution in [0.5, 0.6) is 0 Å². The number of carbonyl (C=O) groups excluding carboxylic acids is 1. The quantitative estimate of drug-likeness (QED) is 0.878. The lowest BCUT2D eigenvalue weighted by molar-refractivity contribution is 0.0601. The summed E-state index contributed by atoms with van der Waals surface area (Å²) < 4.78 is 4.71. The largest absolute Gasteiger partial charge is 0.465 e. The number of rotatable bonds is 3. The summed E-state index contributed by atoms with van der Waals surface area (Å²) in [6, 6.07) is 15.3. The highest BCUT2D eigenvalue weighted by atomic mass is 35.5. The second-order valence-electron chi connectivity index (χ2n) is 3.98. The van der Waals surface area contributed by atoms with Crippen LogP contribution in [0.15, 0.2) is 48.5 Å². The summed E-state index contributed by atoms with van der Waals surface area (Å²) in [4.78, 5) is 11.5. The molecule has 0 heterocycles. The van der Waals surface area contributed by atoms with Crippen molar-refractivity contribution < 1.29 is 9.53 Å². The van der Waals surface area contributed by atoms with Crippen LogP contribution in [0.4, 0.5) is 0 Å². The molecule has 100 valence electrons. The Hall–Kier alpha value is -1.84. The minimum absolute atomic E-state index is 0. The molecule has 0 aliphatic rings. The van der Waals surface area contributed by atoms with Crippen molar-refractivity contribution in [2.45, 2.75) is 6.54 Å². The van der Waals surface area contributed by atoms with E-state index >= 15 is 0 Å². The number of halogens is 1. The van der Waals surface area contributed by atoms with Gasteiger partial charge in [0.2, 0.25) is 0 Å². The standard InChI is InChI=1S/C15H15NO2.ClH/c1-18-15(17)14-7-3-6-13(9-14)12-5-2-4-11(8-12)10-16;/h2-9H,10,16H2,1H3;1H. The lowest BCUT2D eigenvalue weighted by Gasteiger charge is -2.06. The average molecular weight is 278 g/mol. The summed E-state index contributed by atoms with van der Waals surface area (Å²) in [5, 5.41) is 0. The van der Waals surface area contributed by atoms with Crippen molar-refractivity contribution in [2.24, 2.45) is 5.73 Å². The number of benzene rings is 2. The maximum atomic E-state index is 11.5. The molecular weight excluding hydrogens is 262 g/mol. The van der Waals surface area contributed by atoms with Gasteiger partial charge in [-0.1, -0.05) is 30.3 Å². The van der Waals surface area contributed by atoms with Gasteiger partial charge in [0.15, 0.2) is 0 Å². The van der Waals surface area contributed by atoms with E-state index in [1.807, 2.05) is 42.5 Å². The fourth-order valence-corrected chi connectivity index (χ4v) is 1.82. The molecule has 2 N–H and O–H groups in total. The first kappa shape index (κ1) is 15.2. The van der Waals surface area contributed by atoms with E-state index in [-0.39, 0.29) is 18.4 Å². The van der Waals surface area contributed by atoms with Gasteiger partial charge in [-0.05, 0) is 34.9 Å². The van der Waals surface area contributed by atoms with Gasteiger partial charge >= 0.3 is 5.97 Å². The lowest BCUT2D eigenvalue weighted by atomic mass is 10.0. The number of hydrogen-bond acceptors (Lipinski definition) is 3. The highest BCUT2D eigenvalue weighted by Crippen LogP contribution is 2.21. The molecule has 2 aromatic carbocycles. The van der Waals surface area contributed by atoms with Gasteiger partial charge in [-0.15, -0.1) is 12.4 Å². The van der Waals surface area contributed by atoms with Crippen molar-refractivity contribution in [3.05, 3.63) is 59.7 Å². The number of methoxy groups -OCH3 is 1. The van der Waals surface area contributed by atoms with Gasteiger partial charge in [0.25, 0.3) is 0 Å². The molecule has 0 unspecified atom stereocenters. The van der Waals surface area contributed by atoms with Crippen LogP contribution in [0.25, 0.3) is 11.1 Å². The zero-order valence-electron chi connectivity index (χ0n) is 10.6. The first-order valence-corrected chi connectivity index (χ1v) is 5.72. The minimum atomic E-state index is -0.327. The number of esters is 1. The third-order valence-electron chi connectivity index (χ3n) is 2.78. The maximum absolute atomic E-state index is 11.5. The molecule has 0 radical (unpaired) electrons. The molecule has 2 rings (SSSR count). The molecule has 0 spiro atoms. The van der Waals surface area contributed by atoms with E-state index in [1.54, 1.807) is 6.07 Å². The third-order valence-corrected chi connectivity index (χ3v) is 2.78. The average Bonchev–Trinajstić information content (AvgIpc) is 2.46. The van der Waals surface area contributed by atoms with Gasteiger partial charge in [-0.25, -0.2) is 4.79 Å². The van der Waals surface area contributed by atoms with Crippen molar-refractivity contribution in [2.75, 3.05) is 7.11 Å². The number of hydrogen-bond donors (Lipinski definition) is 1. The van der Waals surface area contributed by atoms with E-state index in [4.69, 9.17) is 10.5 Å². The number of carbonyl (C=O) groups is 1. The number of nitrogens with two attached hydrogens (primary N) is 1. The van der Waals surface area contributed by atoms with Crippen molar-refractivity contribution >= 4 is 18.4 Å². The predicted molar refractivity (Wildman–Crippen MR) is 78.4 cm³/mol. The molecule has 19 heavy (non-hydrogen) atoms. The fourth-order valence-electron chi connectivity index (χ4n) is 1.82. The van der Waals surface area contributed by atoms with Gasteiger partial charge in [-0.3, -0.25) is 0 Å². The molecule has 0 aliphatic carbocycles. The van der Waals surface area contributed by atoms with Crippen molar-refractivity contribution in [3.8, 4) is 11.1 Å². The van der Waals surface area contributed by atoms with Crippen LogP contribution >= 0.6 is 12.4 Å². The van der Waals surface area contributed by atoms with Gasteiger partial charge in [0.05, 0.1) is 12.7 Å². The Morgan fingerprint density at radius 3 is 2.37 bits per heavy atom. The van der Waals surface area contributed by atoms with E-state index in [1.165, 1.54) is 7.11 Å². The van der Waals surface area contributed by atoms with E-state index in [2.05, 4.69) is 0 Å². The zero-order chi connectivity index (χ0) is 13.0. The summed E-state index contributed by atoms with van der Waals surface area (Å²) in [6.45, 7) is 0.504. The van der Waals surface area contributed by atoms with Crippen molar-refractivity contribution in [1.29, 1.82) is 0 Å². The smallest absolute Gasteiger partial charge is 0.337 e. The Morgan fingerprint density at radius 2 is 1.74 bits per heavy atom. The SMILES string of the molecule is COC(=O)c1cccc(-c2cccc(CN)c2)c1.Cl. The van der Waals surface area contributed by atoms with Crippen molar-refractivity contribution in [1.82, 2.24) is 0 Å². The normalized spacial score (nSPS) is 9.58. The molecule has 0 bridgehead atoms. The Morgan fingerprint density at radius 1 is 1.11 bits per heavy atom. The first-order valence-electron chi connectivity index (χ1n) is 5.72. The Bertz CT molecular complexity index is 570. The van der Waals surface area contributed by atoms with Crippen LogP contribution in [0, 0.1) is 0 Å². The molecule has 0 saturated heterocycles. The predicted octanol–water partition coefficient (Wildman–Crippen LogP) is 3.02. The topological polar surface area (TPSA) is 52.3 Å². The first-order chi connectivity index (χ1) is 8.74. The molecule has 0 saturated carbocycles. The second-order valence-corrected chi connectivity index (χ2v) is 3.98. The van der Waals surface area contributed by atoms with Gasteiger partial charge < -0.3 is 10.5 Å². The minimum Gasteiger partial charge on any atom is -0.465 e. The Kier molecular flexibility index (Phi) is 5.55. The molecule has 2 aromatic rings. The van der Waals surface area contributed by atoms with Crippen LogP contribution in [0.3, 0.4) is 0 Å². The lowest BCUT2D eigenvalue weighted by Crippen LogP contribution is -2.01. The van der Waals surface area contributed by atoms with Crippen LogP contribution < -0.4 is 5.73 Å². The van der Waals surface area contributed by atoms with Gasteiger partial charge in [-0.2, -0.15) is 0 Å². The van der Waals surface area contributed by atoms with E-state index < -0.39 is 0 Å². The molecule has 0 aromatic heterocycles. The Balaban J connectivity index is 0.00000180. The molecule has 0 amide bonds. The van der Waals surface area contributed by atoms with E-state index in [9.17, 15) is 4.79 Å². The number of ether oxygens (including phenoxy) is 1. The monoisotopic (exact) mass is 277 g/mol. The molecule has 0 fully saturated rings. The second kappa shape index (κ2) is 6.92. The summed E-state index contributed by atoms with van der Waals surface area (Å²) in [5.74, 6) is -0.327. The van der Waals surface area contributed by atoms with Crippen LogP contribution in [0.1, 0.15) is 15.9 Å². The third kappa shape index (κ3) is 3.56. The highest BCUT2D eigenvalue weighted by molar-refractivity contribution is 5.91. The summed E-state index contributed by atoms with van der Waals surface area (Å²) >= 11 is 0. The maximum Gasteiger partial charge on any atom is 0.337 e. The molecule has 0 aliphatic heterocycles. The summed E-state index contributed by atoms with van der Waals surface area (Å²) in [6.07, 6.45) is 0. The van der Waals surface area contributed by atoms with Crippen LogP contribution in [-0.2, 0) is 11.3 Å². The summed E-state index contributed by atoms with van der Waals surface area (Å²) in [7, 11) is 1.38. The van der Waals surface area contributed by atoms with Crippen molar-refractivity contribution in [3.63, 3.8) is 0 Å². The Labute approximate surface area is 118 Å². The van der Waals surface area contributed by atoms with Crippen LogP contribution in [0.2, 0.25) is 0 Å².